The molecule has 0 saturated carbocycles. The van der Waals surface area contributed by atoms with Crippen molar-refractivity contribution in [1.29, 1.82) is 0 Å². The Labute approximate surface area is 143 Å². The van der Waals surface area contributed by atoms with Crippen LogP contribution in [0.3, 0.4) is 0 Å². The Kier molecular flexibility index (Phi) is 6.49. The van der Waals surface area contributed by atoms with Gasteiger partial charge in [0.15, 0.2) is 0 Å². The van der Waals surface area contributed by atoms with E-state index >= 15 is 0 Å². The molecule has 5 heteroatoms. The average Bonchev–Trinajstić information content (AvgIpc) is 2.61. The fourth-order valence-corrected chi connectivity index (χ4v) is 2.28. The third-order valence-electron chi connectivity index (χ3n) is 3.54. The monoisotopic (exact) mass is 328 g/mol. The second kappa shape index (κ2) is 8.82. The van der Waals surface area contributed by atoms with Crippen LogP contribution in [0.15, 0.2) is 48.5 Å². The normalized spacial score (nSPS) is 10.1. The summed E-state index contributed by atoms with van der Waals surface area (Å²) >= 11 is 0. The van der Waals surface area contributed by atoms with Crippen LogP contribution >= 0.6 is 0 Å². The van der Waals surface area contributed by atoms with Crippen LogP contribution < -0.4 is 14.8 Å². The van der Waals surface area contributed by atoms with E-state index in [2.05, 4.69) is 5.32 Å². The number of para-hydroxylation sites is 3. The summed E-state index contributed by atoms with van der Waals surface area (Å²) in [4.78, 5) is 14.1. The predicted molar refractivity (Wildman–Crippen MR) is 95.7 cm³/mol. The summed E-state index contributed by atoms with van der Waals surface area (Å²) in [6.07, 6.45) is 0.913. The highest BCUT2D eigenvalue weighted by molar-refractivity contribution is 5.90. The first kappa shape index (κ1) is 17.7. The number of benzene rings is 2. The second-order valence-electron chi connectivity index (χ2n) is 5.44. The number of anilines is 1. The number of hydrogen-bond acceptors (Lipinski definition) is 3. The molecule has 5 nitrogen and oxygen atoms in total. The molecule has 0 saturated heterocycles. The SMILES string of the molecule is CCCOc1ccccc1NC(=O)N(C)Cc1ccccc1OC. The van der Waals surface area contributed by atoms with E-state index in [-0.39, 0.29) is 6.03 Å². The molecule has 0 spiro atoms. The predicted octanol–water partition coefficient (Wildman–Crippen LogP) is 4.15. The smallest absolute Gasteiger partial charge is 0.321 e. The molecule has 0 aliphatic rings. The van der Waals surface area contributed by atoms with Gasteiger partial charge < -0.3 is 19.7 Å². The second-order valence-corrected chi connectivity index (χ2v) is 5.44. The van der Waals surface area contributed by atoms with Crippen LogP contribution in [0.5, 0.6) is 11.5 Å². The summed E-state index contributed by atoms with van der Waals surface area (Å²) in [5, 5.41) is 2.90. The number of carbonyl (C=O) groups excluding carboxylic acids is 1. The molecule has 24 heavy (non-hydrogen) atoms. The Morgan fingerprint density at radius 2 is 1.75 bits per heavy atom. The highest BCUT2D eigenvalue weighted by atomic mass is 16.5. The van der Waals surface area contributed by atoms with Crippen molar-refractivity contribution in [2.24, 2.45) is 0 Å². The van der Waals surface area contributed by atoms with Gasteiger partial charge in [-0.3, -0.25) is 0 Å². The van der Waals surface area contributed by atoms with Crippen molar-refractivity contribution in [3.8, 4) is 11.5 Å². The number of amides is 2. The highest BCUT2D eigenvalue weighted by Gasteiger charge is 2.14. The third kappa shape index (κ3) is 4.65. The van der Waals surface area contributed by atoms with Gasteiger partial charge >= 0.3 is 6.03 Å². The molecule has 2 aromatic rings. The van der Waals surface area contributed by atoms with E-state index in [1.165, 1.54) is 0 Å². The fourth-order valence-electron chi connectivity index (χ4n) is 2.28. The lowest BCUT2D eigenvalue weighted by atomic mass is 10.2. The molecule has 2 amide bonds. The maximum atomic E-state index is 12.5. The number of urea groups is 1. The lowest BCUT2D eigenvalue weighted by molar-refractivity contribution is 0.220. The first-order valence-electron chi connectivity index (χ1n) is 8.01. The average molecular weight is 328 g/mol. The minimum absolute atomic E-state index is 0.201. The Bertz CT molecular complexity index is 673. The Balaban J connectivity index is 2.04. The number of methoxy groups -OCH3 is 1. The summed E-state index contributed by atoms with van der Waals surface area (Å²) in [6.45, 7) is 3.11. The van der Waals surface area contributed by atoms with Crippen molar-refractivity contribution >= 4 is 11.7 Å². The van der Waals surface area contributed by atoms with Gasteiger partial charge in [0.05, 0.1) is 25.9 Å². The van der Waals surface area contributed by atoms with Gasteiger partial charge in [-0.15, -0.1) is 0 Å². The quantitative estimate of drug-likeness (QED) is 0.831. The van der Waals surface area contributed by atoms with Crippen molar-refractivity contribution in [3.05, 3.63) is 54.1 Å². The molecule has 0 unspecified atom stereocenters. The summed E-state index contributed by atoms with van der Waals surface area (Å²) in [5.41, 5.74) is 1.62. The number of nitrogens with one attached hydrogen (secondary N) is 1. The maximum Gasteiger partial charge on any atom is 0.321 e. The summed E-state index contributed by atoms with van der Waals surface area (Å²) in [7, 11) is 3.37. The van der Waals surface area contributed by atoms with Crippen molar-refractivity contribution in [2.45, 2.75) is 19.9 Å². The number of hydrogen-bond donors (Lipinski definition) is 1. The van der Waals surface area contributed by atoms with Gasteiger partial charge in [-0.2, -0.15) is 0 Å². The third-order valence-corrected chi connectivity index (χ3v) is 3.54. The lowest BCUT2D eigenvalue weighted by Gasteiger charge is -2.20. The molecule has 1 N–H and O–H groups in total. The zero-order valence-corrected chi connectivity index (χ0v) is 14.4. The van der Waals surface area contributed by atoms with E-state index < -0.39 is 0 Å². The number of rotatable bonds is 7. The van der Waals surface area contributed by atoms with Gasteiger partial charge in [-0.1, -0.05) is 37.3 Å². The van der Waals surface area contributed by atoms with E-state index in [0.29, 0.717) is 24.6 Å². The summed E-state index contributed by atoms with van der Waals surface area (Å²) < 4.78 is 11.0. The van der Waals surface area contributed by atoms with E-state index in [0.717, 1.165) is 17.7 Å². The molecule has 0 atom stereocenters. The zero-order valence-electron chi connectivity index (χ0n) is 14.4. The molecule has 0 radical (unpaired) electrons. The molecule has 0 fully saturated rings. The van der Waals surface area contributed by atoms with Crippen LogP contribution in [0.4, 0.5) is 10.5 Å². The summed E-state index contributed by atoms with van der Waals surface area (Å²) in [6, 6.07) is 14.9. The van der Waals surface area contributed by atoms with Crippen molar-refractivity contribution in [2.75, 3.05) is 26.1 Å². The van der Waals surface area contributed by atoms with Crippen LogP contribution in [0.2, 0.25) is 0 Å². The molecular weight excluding hydrogens is 304 g/mol. The minimum Gasteiger partial charge on any atom is -0.496 e. The molecule has 128 valence electrons. The fraction of sp³-hybridized carbons (Fsp3) is 0.316. The highest BCUT2D eigenvalue weighted by Crippen LogP contribution is 2.25. The van der Waals surface area contributed by atoms with Crippen molar-refractivity contribution < 1.29 is 14.3 Å². The van der Waals surface area contributed by atoms with Gasteiger partial charge in [0.1, 0.15) is 11.5 Å². The van der Waals surface area contributed by atoms with Crippen LogP contribution in [-0.2, 0) is 6.54 Å². The van der Waals surface area contributed by atoms with E-state index in [1.54, 1.807) is 19.1 Å². The van der Waals surface area contributed by atoms with E-state index in [4.69, 9.17) is 9.47 Å². The standard InChI is InChI=1S/C19H24N2O3/c1-4-13-24-18-12-8-6-10-16(18)20-19(22)21(2)14-15-9-5-7-11-17(15)23-3/h5-12H,4,13-14H2,1-3H3,(H,20,22). The number of nitrogens with zero attached hydrogens (tertiary/aromatic N) is 1. The molecule has 0 bridgehead atoms. The van der Waals surface area contributed by atoms with Crippen molar-refractivity contribution in [1.82, 2.24) is 4.90 Å². The topological polar surface area (TPSA) is 50.8 Å². The van der Waals surface area contributed by atoms with Gasteiger partial charge in [0.2, 0.25) is 0 Å². The van der Waals surface area contributed by atoms with E-state index in [9.17, 15) is 4.79 Å². The van der Waals surface area contributed by atoms with Crippen LogP contribution in [0.25, 0.3) is 0 Å². The van der Waals surface area contributed by atoms with Crippen LogP contribution in [0.1, 0.15) is 18.9 Å². The number of ether oxygens (including phenoxy) is 2. The molecule has 2 rings (SSSR count). The van der Waals surface area contributed by atoms with Crippen LogP contribution in [-0.4, -0.2) is 31.7 Å². The minimum atomic E-state index is -0.201. The first-order valence-corrected chi connectivity index (χ1v) is 8.01. The lowest BCUT2D eigenvalue weighted by Crippen LogP contribution is -2.31. The Morgan fingerprint density at radius 1 is 1.08 bits per heavy atom. The molecule has 0 aliphatic carbocycles. The number of carbonyl (C=O) groups is 1. The van der Waals surface area contributed by atoms with E-state index in [1.807, 2.05) is 55.5 Å². The van der Waals surface area contributed by atoms with Gasteiger partial charge in [-0.25, -0.2) is 4.79 Å². The molecular formula is C19H24N2O3. The van der Waals surface area contributed by atoms with Gasteiger partial charge in [-0.05, 0) is 24.6 Å². The van der Waals surface area contributed by atoms with Crippen molar-refractivity contribution in [3.63, 3.8) is 0 Å². The van der Waals surface area contributed by atoms with Crippen LogP contribution in [0, 0.1) is 0 Å². The summed E-state index contributed by atoms with van der Waals surface area (Å²) in [5.74, 6) is 1.45. The van der Waals surface area contributed by atoms with Gasteiger partial charge in [0, 0.05) is 12.6 Å². The molecule has 0 heterocycles. The molecule has 0 aromatic heterocycles. The Hall–Kier alpha value is -2.69. The van der Waals surface area contributed by atoms with Gasteiger partial charge in [0.25, 0.3) is 0 Å². The first-order chi connectivity index (χ1) is 11.7. The Morgan fingerprint density at radius 3 is 2.46 bits per heavy atom. The zero-order chi connectivity index (χ0) is 17.4. The largest absolute Gasteiger partial charge is 0.496 e. The maximum absolute atomic E-state index is 12.5. The molecule has 0 aliphatic heterocycles. The molecule has 2 aromatic carbocycles.